The lowest BCUT2D eigenvalue weighted by Gasteiger charge is -2.43. The second kappa shape index (κ2) is 11.9. The van der Waals surface area contributed by atoms with E-state index in [0.29, 0.717) is 12.8 Å². The van der Waals surface area contributed by atoms with E-state index in [9.17, 15) is 29.7 Å². The van der Waals surface area contributed by atoms with Crippen LogP contribution in [0.1, 0.15) is 95.0 Å². The van der Waals surface area contributed by atoms with E-state index in [1.807, 2.05) is 0 Å². The Labute approximate surface area is 272 Å². The summed E-state index contributed by atoms with van der Waals surface area (Å²) < 4.78 is 24.4. The van der Waals surface area contributed by atoms with Gasteiger partial charge in [0.1, 0.15) is 29.1 Å². The molecule has 1 amide bonds. The number of carbonyl (C=O) groups excluding carboxylic acids is 3. The molecule has 12 heteroatoms. The molecule has 0 radical (unpaired) electrons. The number of rotatable bonds is 6. The van der Waals surface area contributed by atoms with Crippen LogP contribution in [0.5, 0.6) is 17.2 Å². The van der Waals surface area contributed by atoms with Gasteiger partial charge in [-0.3, -0.25) is 19.3 Å². The fraction of sp³-hybridized carbons (Fsp3) is 0.571. The van der Waals surface area contributed by atoms with Crippen LogP contribution >= 0.6 is 0 Å². The number of benzene rings is 2. The maximum absolute atomic E-state index is 14.0. The van der Waals surface area contributed by atoms with Gasteiger partial charge in [0.25, 0.3) is 5.91 Å². The third-order valence-corrected chi connectivity index (χ3v) is 10.8. The number of hydrogen-bond acceptors (Lipinski definition) is 11. The van der Waals surface area contributed by atoms with Crippen molar-refractivity contribution in [3.8, 4) is 17.2 Å². The van der Waals surface area contributed by atoms with Crippen LogP contribution in [0.15, 0.2) is 18.2 Å². The summed E-state index contributed by atoms with van der Waals surface area (Å²) in [6.45, 7) is 4.97. The Balaban J connectivity index is 1.30. The van der Waals surface area contributed by atoms with Crippen molar-refractivity contribution in [3.63, 3.8) is 0 Å². The molecule has 7 rings (SSSR count). The number of ether oxygens (including phenoxy) is 4. The van der Waals surface area contributed by atoms with E-state index in [2.05, 4.69) is 17.1 Å². The summed E-state index contributed by atoms with van der Waals surface area (Å²) >= 11 is 0. The number of ketones is 2. The third kappa shape index (κ3) is 4.87. The monoisotopic (exact) mass is 650 g/mol. The fourth-order valence-electron chi connectivity index (χ4n) is 8.73. The van der Waals surface area contributed by atoms with Crippen molar-refractivity contribution >= 4 is 17.5 Å². The molecule has 252 valence electrons. The molecule has 2 aromatic rings. The van der Waals surface area contributed by atoms with Crippen LogP contribution < -0.4 is 10.1 Å². The highest BCUT2D eigenvalue weighted by atomic mass is 16.6. The second-order valence-electron chi connectivity index (χ2n) is 13.6. The molecule has 8 atom stereocenters. The average molecular weight is 651 g/mol. The minimum atomic E-state index is -2.02. The van der Waals surface area contributed by atoms with Gasteiger partial charge in [0.05, 0.1) is 48.2 Å². The third-order valence-electron chi connectivity index (χ3n) is 10.8. The number of fused-ring (bicyclic) bond motifs is 6. The first kappa shape index (κ1) is 32.0. The van der Waals surface area contributed by atoms with E-state index >= 15 is 0 Å². The summed E-state index contributed by atoms with van der Waals surface area (Å²) in [5.74, 6) is -2.79. The lowest BCUT2D eigenvalue weighted by atomic mass is 9.72. The molecular formula is C35H42N2O10. The summed E-state index contributed by atoms with van der Waals surface area (Å²) in [5.41, 5.74) is -2.61. The van der Waals surface area contributed by atoms with Gasteiger partial charge in [0, 0.05) is 55.8 Å². The topological polar surface area (TPSA) is 164 Å². The first-order valence-electron chi connectivity index (χ1n) is 16.5. The molecule has 3 fully saturated rings. The number of carbonyl (C=O) groups is 3. The molecule has 0 bridgehead atoms. The van der Waals surface area contributed by atoms with E-state index < -0.39 is 40.7 Å². The standard InChI is InChI=1S/C35H42N2O10/c1-5-36-34(42)35(43)14-19-25(31(41)27-26(29(19)39)28(38)18-8-6-9-21(44-3)24(18)30(27)40)23(15-35)46-17-12-16(2)32-20(13-17)37-11-7-10-22(45-4)33(37)47-32/h6,8-9,16-17,20,22-23,32-33,39,41,43H,5,7,10-15H2,1-4H3,(H,36,42)/t16-,17?,20+,22+,23+,32-,33-,35?/m1/s1. The van der Waals surface area contributed by atoms with Crippen LogP contribution in [-0.2, 0) is 25.4 Å². The van der Waals surface area contributed by atoms with Crippen molar-refractivity contribution < 1.29 is 48.7 Å². The molecule has 2 unspecified atom stereocenters. The molecule has 2 aromatic carbocycles. The summed E-state index contributed by atoms with van der Waals surface area (Å²) in [4.78, 5) is 43.4. The number of hydrogen-bond donors (Lipinski definition) is 4. The first-order chi connectivity index (χ1) is 22.5. The number of nitrogens with zero attached hydrogens (tertiary/aromatic N) is 1. The molecule has 0 spiro atoms. The zero-order valence-corrected chi connectivity index (χ0v) is 27.1. The van der Waals surface area contributed by atoms with Crippen molar-refractivity contribution in [3.05, 3.63) is 51.6 Å². The number of likely N-dealkylation sites (N-methyl/N-ethyl adjacent to an activating group) is 1. The first-order valence-corrected chi connectivity index (χ1v) is 16.5. The Morgan fingerprint density at radius 3 is 2.60 bits per heavy atom. The highest BCUT2D eigenvalue weighted by Gasteiger charge is 2.54. The lowest BCUT2D eigenvalue weighted by Crippen LogP contribution is -2.53. The molecule has 4 N–H and O–H groups in total. The van der Waals surface area contributed by atoms with E-state index in [-0.39, 0.29) is 95.0 Å². The van der Waals surface area contributed by atoms with Crippen LogP contribution in [0.25, 0.3) is 0 Å². The fourth-order valence-corrected chi connectivity index (χ4v) is 8.73. The number of aromatic hydroxyl groups is 2. The van der Waals surface area contributed by atoms with Crippen molar-refractivity contribution in [2.75, 3.05) is 27.3 Å². The highest BCUT2D eigenvalue weighted by Crippen LogP contribution is 2.53. The molecule has 2 saturated heterocycles. The number of aliphatic hydroxyl groups is 1. The van der Waals surface area contributed by atoms with Crippen LogP contribution in [0.2, 0.25) is 0 Å². The van der Waals surface area contributed by atoms with Gasteiger partial charge in [-0.05, 0) is 44.6 Å². The number of methoxy groups -OCH3 is 2. The van der Waals surface area contributed by atoms with Gasteiger partial charge < -0.3 is 39.6 Å². The molecule has 47 heavy (non-hydrogen) atoms. The predicted molar refractivity (Wildman–Crippen MR) is 167 cm³/mol. The zero-order valence-electron chi connectivity index (χ0n) is 27.1. The normalized spacial score (nSPS) is 32.9. The summed E-state index contributed by atoms with van der Waals surface area (Å²) in [6, 6.07) is 4.63. The zero-order chi connectivity index (χ0) is 33.4. The average Bonchev–Trinajstić information content (AvgIpc) is 3.44. The van der Waals surface area contributed by atoms with Gasteiger partial charge in [-0.15, -0.1) is 0 Å². The van der Waals surface area contributed by atoms with E-state index in [1.54, 1.807) is 26.2 Å². The van der Waals surface area contributed by atoms with Crippen LogP contribution in [-0.4, -0.2) is 101 Å². The molecular weight excluding hydrogens is 608 g/mol. The largest absolute Gasteiger partial charge is 0.507 e. The van der Waals surface area contributed by atoms with E-state index in [4.69, 9.17) is 18.9 Å². The maximum Gasteiger partial charge on any atom is 0.252 e. The highest BCUT2D eigenvalue weighted by molar-refractivity contribution is 6.31. The summed E-state index contributed by atoms with van der Waals surface area (Å²) in [6.07, 6.45) is 0.901. The van der Waals surface area contributed by atoms with E-state index in [0.717, 1.165) is 19.4 Å². The number of phenolic OH excluding ortho intramolecular Hbond substituents is 2. The Bertz CT molecular complexity index is 1640. The Kier molecular flexibility index (Phi) is 8.07. The summed E-state index contributed by atoms with van der Waals surface area (Å²) in [5, 5.41) is 38.1. The smallest absolute Gasteiger partial charge is 0.252 e. The molecule has 5 aliphatic rings. The van der Waals surface area contributed by atoms with Gasteiger partial charge in [-0.1, -0.05) is 19.1 Å². The quantitative estimate of drug-likeness (QED) is 0.290. The Morgan fingerprint density at radius 2 is 1.87 bits per heavy atom. The predicted octanol–water partition coefficient (Wildman–Crippen LogP) is 2.76. The molecule has 3 aliphatic carbocycles. The molecule has 0 aromatic heterocycles. The Morgan fingerprint density at radius 1 is 1.11 bits per heavy atom. The number of nitrogens with one attached hydrogen (secondary N) is 1. The van der Waals surface area contributed by atoms with Crippen molar-refractivity contribution in [2.24, 2.45) is 5.92 Å². The minimum absolute atomic E-state index is 0.00344. The van der Waals surface area contributed by atoms with E-state index in [1.165, 1.54) is 13.2 Å². The lowest BCUT2D eigenvalue weighted by molar-refractivity contribution is -0.151. The molecule has 2 heterocycles. The SMILES string of the molecule is CCNC(=O)C1(O)Cc2c(O)c3c(c(O)c2[C@@H](OC2C[C@@H](C)[C@H]4O[C@@H]5[C@@H](OC)CCCN5[C@H]4C2)C1)C(=O)c1c(OC)cccc1C3=O. The van der Waals surface area contributed by atoms with Crippen LogP contribution in [0.3, 0.4) is 0 Å². The van der Waals surface area contributed by atoms with Gasteiger partial charge >= 0.3 is 0 Å². The number of amides is 1. The van der Waals surface area contributed by atoms with Gasteiger partial charge in [-0.25, -0.2) is 0 Å². The maximum atomic E-state index is 14.0. The van der Waals surface area contributed by atoms with Crippen LogP contribution in [0, 0.1) is 5.92 Å². The summed E-state index contributed by atoms with van der Waals surface area (Å²) in [7, 11) is 3.09. The number of piperidine rings is 1. The van der Waals surface area contributed by atoms with Gasteiger partial charge in [0.2, 0.25) is 5.78 Å². The minimum Gasteiger partial charge on any atom is -0.507 e. The van der Waals surface area contributed by atoms with Crippen LogP contribution in [0.4, 0.5) is 0 Å². The molecule has 12 nitrogen and oxygen atoms in total. The van der Waals surface area contributed by atoms with Crippen molar-refractivity contribution in [1.29, 1.82) is 0 Å². The molecule has 2 aliphatic heterocycles. The Hall–Kier alpha value is -3.55. The second-order valence-corrected chi connectivity index (χ2v) is 13.6. The van der Waals surface area contributed by atoms with Crippen molar-refractivity contribution in [2.45, 2.75) is 94.7 Å². The molecule has 1 saturated carbocycles. The number of phenols is 2. The van der Waals surface area contributed by atoms with Crippen molar-refractivity contribution in [1.82, 2.24) is 10.2 Å². The van der Waals surface area contributed by atoms with Gasteiger partial charge in [0.15, 0.2) is 5.78 Å². The van der Waals surface area contributed by atoms with Gasteiger partial charge in [-0.2, -0.15) is 0 Å².